The second-order valence-corrected chi connectivity index (χ2v) is 5.06. The number of nitrogens with one attached hydrogen (secondary N) is 1. The molecule has 0 aliphatic carbocycles. The normalized spacial score (nSPS) is 22.6. The molecule has 3 heteroatoms. The average Bonchev–Trinajstić information content (AvgIpc) is 2.37. The molecule has 0 aromatic rings. The van der Waals surface area contributed by atoms with E-state index >= 15 is 0 Å². The van der Waals surface area contributed by atoms with E-state index in [2.05, 4.69) is 19.2 Å². The summed E-state index contributed by atoms with van der Waals surface area (Å²) in [7, 11) is 0. The summed E-state index contributed by atoms with van der Waals surface area (Å²) < 4.78 is 11.3. The van der Waals surface area contributed by atoms with E-state index in [9.17, 15) is 0 Å². The molecule has 3 nitrogen and oxygen atoms in total. The van der Waals surface area contributed by atoms with Gasteiger partial charge in [-0.2, -0.15) is 0 Å². The number of ether oxygens (including phenoxy) is 2. The summed E-state index contributed by atoms with van der Waals surface area (Å²) in [6.45, 7) is 8.16. The van der Waals surface area contributed by atoms with Crippen molar-refractivity contribution in [1.82, 2.24) is 5.32 Å². The zero-order valence-corrected chi connectivity index (χ0v) is 11.5. The van der Waals surface area contributed by atoms with E-state index in [1.807, 2.05) is 0 Å². The van der Waals surface area contributed by atoms with E-state index in [-0.39, 0.29) is 0 Å². The highest BCUT2D eigenvalue weighted by atomic mass is 16.5. The second kappa shape index (κ2) is 9.86. The Labute approximate surface area is 106 Å². The highest BCUT2D eigenvalue weighted by Gasteiger charge is 2.13. The highest BCUT2D eigenvalue weighted by molar-refractivity contribution is 4.63. The predicted molar refractivity (Wildman–Crippen MR) is 71.4 cm³/mol. The van der Waals surface area contributed by atoms with E-state index in [1.54, 1.807) is 0 Å². The second-order valence-electron chi connectivity index (χ2n) is 5.06. The van der Waals surface area contributed by atoms with Gasteiger partial charge in [0.1, 0.15) is 0 Å². The van der Waals surface area contributed by atoms with Crippen LogP contribution >= 0.6 is 0 Å². The molecule has 1 aliphatic rings. The van der Waals surface area contributed by atoms with Crippen LogP contribution in [0.15, 0.2) is 0 Å². The molecule has 1 aliphatic heterocycles. The Morgan fingerprint density at radius 2 is 2.29 bits per heavy atom. The molecule has 2 unspecified atom stereocenters. The van der Waals surface area contributed by atoms with Crippen LogP contribution in [0.2, 0.25) is 0 Å². The zero-order chi connectivity index (χ0) is 12.3. The molecule has 0 bridgehead atoms. The molecular weight excluding hydrogens is 214 g/mol. The first-order chi connectivity index (χ1) is 8.33. The van der Waals surface area contributed by atoms with Crippen molar-refractivity contribution >= 4 is 0 Å². The summed E-state index contributed by atoms with van der Waals surface area (Å²) in [6, 6.07) is 0.615. The molecule has 0 amide bonds. The maximum atomic E-state index is 5.68. The molecule has 1 saturated heterocycles. The molecular formula is C14H29NO2. The standard InChI is InChI=1S/C14H29NO2/c1-3-9-15-13(2)7-6-10-16-12-14-8-4-5-11-17-14/h13-15H,3-12H2,1-2H3. The lowest BCUT2D eigenvalue weighted by atomic mass is 10.1. The van der Waals surface area contributed by atoms with Crippen molar-refractivity contribution < 1.29 is 9.47 Å². The molecule has 1 rings (SSSR count). The van der Waals surface area contributed by atoms with Gasteiger partial charge in [-0.05, 0) is 52.0 Å². The third-order valence-electron chi connectivity index (χ3n) is 3.25. The van der Waals surface area contributed by atoms with Crippen LogP contribution in [-0.2, 0) is 9.47 Å². The Kier molecular flexibility index (Phi) is 8.67. The molecule has 102 valence electrons. The minimum absolute atomic E-state index is 0.361. The topological polar surface area (TPSA) is 30.5 Å². The van der Waals surface area contributed by atoms with Gasteiger partial charge in [0.25, 0.3) is 0 Å². The summed E-state index contributed by atoms with van der Waals surface area (Å²) in [5.74, 6) is 0. The van der Waals surface area contributed by atoms with Crippen LogP contribution in [0.5, 0.6) is 0 Å². The van der Waals surface area contributed by atoms with Gasteiger partial charge in [-0.15, -0.1) is 0 Å². The molecule has 17 heavy (non-hydrogen) atoms. The van der Waals surface area contributed by atoms with Crippen LogP contribution < -0.4 is 5.32 Å². The van der Waals surface area contributed by atoms with Gasteiger partial charge < -0.3 is 14.8 Å². The van der Waals surface area contributed by atoms with Gasteiger partial charge in [0.05, 0.1) is 12.7 Å². The van der Waals surface area contributed by atoms with E-state index in [1.165, 1.54) is 32.1 Å². The van der Waals surface area contributed by atoms with E-state index in [0.717, 1.165) is 32.8 Å². The Balaban J connectivity index is 1.86. The lowest BCUT2D eigenvalue weighted by Gasteiger charge is -2.22. The van der Waals surface area contributed by atoms with Crippen molar-refractivity contribution in [2.24, 2.45) is 0 Å². The largest absolute Gasteiger partial charge is 0.379 e. The molecule has 1 heterocycles. The first-order valence-corrected chi connectivity index (χ1v) is 7.25. The third-order valence-corrected chi connectivity index (χ3v) is 3.25. The van der Waals surface area contributed by atoms with E-state index in [0.29, 0.717) is 12.1 Å². The minimum atomic E-state index is 0.361. The predicted octanol–water partition coefficient (Wildman–Crippen LogP) is 2.74. The molecule has 1 N–H and O–H groups in total. The first kappa shape index (κ1) is 14.9. The van der Waals surface area contributed by atoms with Gasteiger partial charge >= 0.3 is 0 Å². The van der Waals surface area contributed by atoms with Gasteiger partial charge in [0.2, 0.25) is 0 Å². The smallest absolute Gasteiger partial charge is 0.0808 e. The highest BCUT2D eigenvalue weighted by Crippen LogP contribution is 2.12. The minimum Gasteiger partial charge on any atom is -0.379 e. The lowest BCUT2D eigenvalue weighted by Crippen LogP contribution is -2.27. The maximum absolute atomic E-state index is 5.68. The Bertz CT molecular complexity index is 170. The number of hydrogen-bond donors (Lipinski definition) is 1. The van der Waals surface area contributed by atoms with Gasteiger partial charge in [-0.1, -0.05) is 6.92 Å². The van der Waals surface area contributed by atoms with Gasteiger partial charge in [0.15, 0.2) is 0 Å². The summed E-state index contributed by atoms with van der Waals surface area (Å²) in [5, 5.41) is 3.49. The van der Waals surface area contributed by atoms with Crippen LogP contribution in [-0.4, -0.2) is 38.5 Å². The Morgan fingerprint density at radius 1 is 1.41 bits per heavy atom. The van der Waals surface area contributed by atoms with Crippen molar-refractivity contribution in [3.05, 3.63) is 0 Å². The summed E-state index contributed by atoms with van der Waals surface area (Å²) >= 11 is 0. The summed E-state index contributed by atoms with van der Waals surface area (Å²) in [4.78, 5) is 0. The quantitative estimate of drug-likeness (QED) is 0.632. The van der Waals surface area contributed by atoms with Gasteiger partial charge in [-0.25, -0.2) is 0 Å². The van der Waals surface area contributed by atoms with E-state index < -0.39 is 0 Å². The van der Waals surface area contributed by atoms with Crippen LogP contribution in [0.3, 0.4) is 0 Å². The average molecular weight is 243 g/mol. The fraction of sp³-hybridized carbons (Fsp3) is 1.00. The van der Waals surface area contributed by atoms with Crippen molar-refractivity contribution in [3.8, 4) is 0 Å². The van der Waals surface area contributed by atoms with Crippen molar-refractivity contribution in [1.29, 1.82) is 0 Å². The van der Waals surface area contributed by atoms with E-state index in [4.69, 9.17) is 9.47 Å². The molecule has 1 fully saturated rings. The Hall–Kier alpha value is -0.120. The molecule has 0 radical (unpaired) electrons. The first-order valence-electron chi connectivity index (χ1n) is 7.25. The van der Waals surface area contributed by atoms with Crippen LogP contribution in [0.1, 0.15) is 52.4 Å². The van der Waals surface area contributed by atoms with Gasteiger partial charge in [-0.3, -0.25) is 0 Å². The maximum Gasteiger partial charge on any atom is 0.0808 e. The van der Waals surface area contributed by atoms with Gasteiger partial charge in [0, 0.05) is 19.3 Å². The molecule has 0 aromatic heterocycles. The van der Waals surface area contributed by atoms with Crippen molar-refractivity contribution in [2.75, 3.05) is 26.4 Å². The zero-order valence-electron chi connectivity index (χ0n) is 11.5. The molecule has 0 spiro atoms. The fourth-order valence-electron chi connectivity index (χ4n) is 2.14. The summed E-state index contributed by atoms with van der Waals surface area (Å²) in [5.41, 5.74) is 0. The van der Waals surface area contributed by atoms with Crippen LogP contribution in [0.4, 0.5) is 0 Å². The number of rotatable bonds is 9. The fourth-order valence-corrected chi connectivity index (χ4v) is 2.14. The van der Waals surface area contributed by atoms with Crippen LogP contribution in [0.25, 0.3) is 0 Å². The van der Waals surface area contributed by atoms with Crippen molar-refractivity contribution in [2.45, 2.75) is 64.5 Å². The lowest BCUT2D eigenvalue weighted by molar-refractivity contribution is -0.0412. The van der Waals surface area contributed by atoms with Crippen LogP contribution in [0, 0.1) is 0 Å². The monoisotopic (exact) mass is 243 g/mol. The van der Waals surface area contributed by atoms with Crippen molar-refractivity contribution in [3.63, 3.8) is 0 Å². The molecule has 0 aromatic carbocycles. The molecule has 2 atom stereocenters. The summed E-state index contributed by atoms with van der Waals surface area (Å²) in [6.07, 6.45) is 7.60. The SMILES string of the molecule is CCCNC(C)CCCOCC1CCCCO1. The molecule has 0 saturated carbocycles. The third kappa shape index (κ3) is 7.74. The Morgan fingerprint density at radius 3 is 3.00 bits per heavy atom. The number of hydrogen-bond acceptors (Lipinski definition) is 3.